The first kappa shape index (κ1) is 31.2. The molecule has 0 saturated carbocycles. The SMILES string of the molecule is c1ccc(-c2ccc(N(c3ccccc3-c3ccc4c(c3)c3ccccc3n4-c3ccc4c(c3)oc3ccccc34)c3cccc4ccccc34)cc2)cc1. The van der Waals surface area contributed by atoms with Crippen LogP contribution < -0.4 is 4.90 Å². The molecule has 0 atom stereocenters. The van der Waals surface area contributed by atoms with E-state index in [9.17, 15) is 0 Å². The molecule has 3 heteroatoms. The van der Waals surface area contributed by atoms with Crippen LogP contribution in [0.25, 0.3) is 82.5 Å². The summed E-state index contributed by atoms with van der Waals surface area (Å²) in [7, 11) is 0. The van der Waals surface area contributed by atoms with E-state index in [-0.39, 0.29) is 0 Å². The summed E-state index contributed by atoms with van der Waals surface area (Å²) in [4.78, 5) is 2.42. The van der Waals surface area contributed by atoms with Gasteiger partial charge >= 0.3 is 0 Å². The summed E-state index contributed by atoms with van der Waals surface area (Å²) in [6.07, 6.45) is 0. The van der Waals surface area contributed by atoms with Gasteiger partial charge in [0.15, 0.2) is 0 Å². The Balaban J connectivity index is 1.09. The highest BCUT2D eigenvalue weighted by atomic mass is 16.3. The minimum Gasteiger partial charge on any atom is -0.456 e. The maximum atomic E-state index is 6.34. The van der Waals surface area contributed by atoms with Crippen LogP contribution in [0.15, 0.2) is 211 Å². The molecule has 0 aliphatic rings. The summed E-state index contributed by atoms with van der Waals surface area (Å²) in [5, 5.41) is 7.09. The number of anilines is 3. The number of fused-ring (bicyclic) bond motifs is 7. The predicted octanol–water partition coefficient (Wildman–Crippen LogP) is 14.6. The van der Waals surface area contributed by atoms with Crippen molar-refractivity contribution >= 4 is 71.6 Å². The third kappa shape index (κ3) is 5.13. The van der Waals surface area contributed by atoms with E-state index >= 15 is 0 Å². The third-order valence-corrected chi connectivity index (χ3v) is 11.0. The number of hydrogen-bond acceptors (Lipinski definition) is 2. The van der Waals surface area contributed by atoms with Crippen molar-refractivity contribution in [3.8, 4) is 27.9 Å². The van der Waals surface area contributed by atoms with Crippen molar-refractivity contribution < 1.29 is 4.42 Å². The van der Waals surface area contributed by atoms with Gasteiger partial charge in [0.25, 0.3) is 0 Å². The topological polar surface area (TPSA) is 21.3 Å². The van der Waals surface area contributed by atoms with Gasteiger partial charge in [-0.3, -0.25) is 0 Å². The summed E-state index contributed by atoms with van der Waals surface area (Å²) < 4.78 is 8.70. The summed E-state index contributed by atoms with van der Waals surface area (Å²) in [5.74, 6) is 0. The molecular weight excluding hydrogens is 669 g/mol. The number of benzene rings is 9. The Bertz CT molecular complexity index is 3200. The van der Waals surface area contributed by atoms with Crippen LogP contribution in [0.5, 0.6) is 0 Å². The van der Waals surface area contributed by atoms with Crippen LogP contribution in [0, 0.1) is 0 Å². The van der Waals surface area contributed by atoms with Crippen LogP contribution in [-0.2, 0) is 0 Å². The monoisotopic (exact) mass is 702 g/mol. The molecule has 11 rings (SSSR count). The molecule has 0 bridgehead atoms. The zero-order valence-electron chi connectivity index (χ0n) is 29.9. The van der Waals surface area contributed by atoms with Crippen LogP contribution in [0.1, 0.15) is 0 Å². The van der Waals surface area contributed by atoms with Crippen molar-refractivity contribution in [2.24, 2.45) is 0 Å². The first-order valence-corrected chi connectivity index (χ1v) is 18.8. The van der Waals surface area contributed by atoms with Crippen LogP contribution in [0.4, 0.5) is 17.1 Å². The first-order chi connectivity index (χ1) is 27.3. The fourth-order valence-corrected chi connectivity index (χ4v) is 8.43. The molecule has 0 radical (unpaired) electrons. The van der Waals surface area contributed by atoms with Crippen LogP contribution in [0.2, 0.25) is 0 Å². The fourth-order valence-electron chi connectivity index (χ4n) is 8.43. The van der Waals surface area contributed by atoms with Crippen molar-refractivity contribution in [2.45, 2.75) is 0 Å². The van der Waals surface area contributed by atoms with Gasteiger partial charge in [-0.2, -0.15) is 0 Å². The number of furan rings is 1. The van der Waals surface area contributed by atoms with Gasteiger partial charge in [-0.15, -0.1) is 0 Å². The molecule has 9 aromatic carbocycles. The van der Waals surface area contributed by atoms with Gasteiger partial charge in [0, 0.05) is 49.9 Å². The largest absolute Gasteiger partial charge is 0.456 e. The van der Waals surface area contributed by atoms with Crippen molar-refractivity contribution in [1.82, 2.24) is 4.57 Å². The van der Waals surface area contributed by atoms with Gasteiger partial charge in [-0.05, 0) is 82.7 Å². The zero-order chi connectivity index (χ0) is 36.3. The highest BCUT2D eigenvalue weighted by Crippen LogP contribution is 2.45. The number of rotatable bonds is 6. The van der Waals surface area contributed by atoms with E-state index in [1.807, 2.05) is 12.1 Å². The van der Waals surface area contributed by atoms with Gasteiger partial charge in [-0.25, -0.2) is 0 Å². The van der Waals surface area contributed by atoms with Crippen LogP contribution in [-0.4, -0.2) is 4.57 Å². The normalized spacial score (nSPS) is 11.6. The van der Waals surface area contributed by atoms with Gasteiger partial charge in [-0.1, -0.05) is 140 Å². The van der Waals surface area contributed by atoms with E-state index in [0.29, 0.717) is 0 Å². The first-order valence-electron chi connectivity index (χ1n) is 18.8. The van der Waals surface area contributed by atoms with Crippen molar-refractivity contribution in [2.75, 3.05) is 4.90 Å². The van der Waals surface area contributed by atoms with Gasteiger partial charge < -0.3 is 13.9 Å². The molecule has 0 unspecified atom stereocenters. The maximum absolute atomic E-state index is 6.34. The molecular formula is C52H34N2O. The molecule has 0 aliphatic heterocycles. The Morgan fingerprint density at radius 1 is 0.364 bits per heavy atom. The maximum Gasteiger partial charge on any atom is 0.137 e. The molecule has 0 saturated heterocycles. The Hall–Kier alpha value is -7.36. The molecule has 0 N–H and O–H groups in total. The molecule has 2 heterocycles. The predicted molar refractivity (Wildman–Crippen MR) is 231 cm³/mol. The molecule has 2 aromatic heterocycles. The lowest BCUT2D eigenvalue weighted by atomic mass is 9.98. The molecule has 11 aromatic rings. The van der Waals surface area contributed by atoms with Gasteiger partial charge in [0.2, 0.25) is 0 Å². The second-order valence-electron chi connectivity index (χ2n) is 14.1. The Kier molecular flexibility index (Phi) is 7.17. The lowest BCUT2D eigenvalue weighted by Gasteiger charge is -2.29. The van der Waals surface area contributed by atoms with Crippen LogP contribution in [0.3, 0.4) is 0 Å². The number of para-hydroxylation sites is 3. The lowest BCUT2D eigenvalue weighted by Crippen LogP contribution is -2.11. The van der Waals surface area contributed by atoms with Crippen LogP contribution >= 0.6 is 0 Å². The standard InChI is InChI=1S/C52H34N2O/c1-2-13-35(14-3-1)36-25-28-39(29-26-36)53(48-23-12-16-37-15-4-5-17-41(37)48)47-21-9-6-18-42(47)38-27-32-50-46(33-38)43-19-7-10-22-49(43)54(50)40-30-31-45-44-20-8-11-24-51(44)55-52(45)34-40/h1-34H. The van der Waals surface area contributed by atoms with E-state index in [1.54, 1.807) is 0 Å². The van der Waals surface area contributed by atoms with E-state index in [2.05, 4.69) is 204 Å². The quantitative estimate of drug-likeness (QED) is 0.172. The average molecular weight is 703 g/mol. The smallest absolute Gasteiger partial charge is 0.137 e. The summed E-state index contributed by atoms with van der Waals surface area (Å²) >= 11 is 0. The van der Waals surface area contributed by atoms with E-state index < -0.39 is 0 Å². The molecule has 0 amide bonds. The summed E-state index contributed by atoms with van der Waals surface area (Å²) in [6.45, 7) is 0. The second kappa shape index (κ2) is 12.6. The second-order valence-corrected chi connectivity index (χ2v) is 14.1. The van der Waals surface area contributed by atoms with Gasteiger partial charge in [0.1, 0.15) is 11.2 Å². The lowest BCUT2D eigenvalue weighted by molar-refractivity contribution is 0.668. The summed E-state index contributed by atoms with van der Waals surface area (Å²) in [5.41, 5.74) is 13.2. The third-order valence-electron chi connectivity index (χ3n) is 11.0. The molecule has 258 valence electrons. The minimum absolute atomic E-state index is 0.889. The molecule has 0 aliphatic carbocycles. The molecule has 0 spiro atoms. The highest BCUT2D eigenvalue weighted by Gasteiger charge is 2.21. The zero-order valence-corrected chi connectivity index (χ0v) is 29.9. The van der Waals surface area contributed by atoms with Crippen molar-refractivity contribution in [3.63, 3.8) is 0 Å². The van der Waals surface area contributed by atoms with Crippen molar-refractivity contribution in [3.05, 3.63) is 206 Å². The Morgan fingerprint density at radius 3 is 1.89 bits per heavy atom. The number of hydrogen-bond donors (Lipinski definition) is 0. The number of aromatic nitrogens is 1. The fraction of sp³-hybridized carbons (Fsp3) is 0. The van der Waals surface area contributed by atoms with Gasteiger partial charge in [0.05, 0.1) is 22.4 Å². The van der Waals surface area contributed by atoms with E-state index in [4.69, 9.17) is 4.42 Å². The number of nitrogens with zero attached hydrogens (tertiary/aromatic N) is 2. The molecule has 0 fully saturated rings. The molecule has 55 heavy (non-hydrogen) atoms. The summed E-state index contributed by atoms with van der Waals surface area (Å²) in [6, 6.07) is 74.0. The average Bonchev–Trinajstić information content (AvgIpc) is 3.79. The van der Waals surface area contributed by atoms with E-state index in [1.165, 1.54) is 32.7 Å². The van der Waals surface area contributed by atoms with E-state index in [0.717, 1.165) is 66.8 Å². The Labute approximate surface area is 318 Å². The minimum atomic E-state index is 0.889. The Morgan fingerprint density at radius 2 is 1.00 bits per heavy atom. The highest BCUT2D eigenvalue weighted by molar-refractivity contribution is 6.12. The van der Waals surface area contributed by atoms with Crippen molar-refractivity contribution in [1.29, 1.82) is 0 Å². The molecule has 3 nitrogen and oxygen atoms in total.